The van der Waals surface area contributed by atoms with E-state index in [0.29, 0.717) is 41.5 Å². The van der Waals surface area contributed by atoms with Gasteiger partial charge < -0.3 is 19.5 Å². The number of ether oxygens (including phenoxy) is 1. The van der Waals surface area contributed by atoms with Crippen LogP contribution in [0.4, 0.5) is 11.4 Å². The largest absolute Gasteiger partial charge is 0.466 e. The van der Waals surface area contributed by atoms with Gasteiger partial charge in [0.1, 0.15) is 5.52 Å². The average molecular weight is 448 g/mol. The van der Waals surface area contributed by atoms with Crippen LogP contribution in [0, 0.1) is 11.8 Å². The van der Waals surface area contributed by atoms with Crippen LogP contribution < -0.4 is 10.2 Å². The van der Waals surface area contributed by atoms with Gasteiger partial charge in [0.2, 0.25) is 0 Å². The maximum Gasteiger partial charge on any atom is 0.310 e. The van der Waals surface area contributed by atoms with Crippen LogP contribution in [0.3, 0.4) is 0 Å². The first kappa shape index (κ1) is 21.5. The molecule has 7 heteroatoms. The normalized spacial score (nSPS) is 17.4. The second-order valence-electron chi connectivity index (χ2n) is 9.24. The Morgan fingerprint density at radius 1 is 1.30 bits per heavy atom. The van der Waals surface area contributed by atoms with Gasteiger partial charge in [-0.3, -0.25) is 9.59 Å². The zero-order valence-electron chi connectivity index (χ0n) is 19.3. The molecule has 172 valence electrons. The summed E-state index contributed by atoms with van der Waals surface area (Å²) in [6.45, 7) is 8.58. The van der Waals surface area contributed by atoms with E-state index in [1.54, 1.807) is 0 Å². The number of aromatic nitrogens is 1. The van der Waals surface area contributed by atoms with Crippen molar-refractivity contribution in [2.75, 3.05) is 36.5 Å². The van der Waals surface area contributed by atoms with Crippen LogP contribution in [0.2, 0.25) is 0 Å². The van der Waals surface area contributed by atoms with E-state index in [1.165, 1.54) is 0 Å². The standard InChI is InChI=1S/C26H29N3O4/c1-4-32-26(31)16-8-7-11-29(14-16)20-12-19(27-13-15(2)3)21-22-23(20)28-33-25(22)18-10-6-5-9-17(18)24(21)30/h5-6,9-10,12,15-16,27H,4,7-8,11,13-14H2,1-3H3. The summed E-state index contributed by atoms with van der Waals surface area (Å²) in [6, 6.07) is 9.52. The highest BCUT2D eigenvalue weighted by molar-refractivity contribution is 6.28. The number of benzene rings is 2. The van der Waals surface area contributed by atoms with Crippen LogP contribution >= 0.6 is 0 Å². The fourth-order valence-electron chi connectivity index (χ4n) is 4.89. The van der Waals surface area contributed by atoms with Gasteiger partial charge in [-0.25, -0.2) is 0 Å². The Morgan fingerprint density at radius 3 is 2.85 bits per heavy atom. The molecule has 0 bridgehead atoms. The molecule has 3 aromatic rings. The Morgan fingerprint density at radius 2 is 2.09 bits per heavy atom. The number of carbonyl (C=O) groups excluding carboxylic acids is 2. The molecule has 0 radical (unpaired) electrons. The fraction of sp³-hybridized carbons (Fsp3) is 0.423. The highest BCUT2D eigenvalue weighted by Gasteiger charge is 2.35. The zero-order valence-corrected chi connectivity index (χ0v) is 19.3. The van der Waals surface area contributed by atoms with Crippen molar-refractivity contribution in [3.05, 3.63) is 41.5 Å². The molecule has 7 nitrogen and oxygen atoms in total. The number of rotatable bonds is 6. The Balaban J connectivity index is 1.65. The zero-order chi connectivity index (χ0) is 23.1. The van der Waals surface area contributed by atoms with Crippen molar-refractivity contribution in [1.29, 1.82) is 0 Å². The lowest BCUT2D eigenvalue weighted by molar-refractivity contribution is -0.148. The Hall–Kier alpha value is -3.35. The van der Waals surface area contributed by atoms with Crippen LogP contribution in [0.15, 0.2) is 34.9 Å². The highest BCUT2D eigenvalue weighted by Crippen LogP contribution is 2.46. The molecule has 1 atom stereocenters. The van der Waals surface area contributed by atoms with Crippen molar-refractivity contribution < 1.29 is 18.8 Å². The molecule has 1 aliphatic carbocycles. The van der Waals surface area contributed by atoms with Gasteiger partial charge in [-0.05, 0) is 31.7 Å². The van der Waals surface area contributed by atoms with Crippen LogP contribution in [-0.4, -0.2) is 43.2 Å². The number of carbonyl (C=O) groups is 2. The molecule has 0 spiro atoms. The SMILES string of the molecule is CCOC(=O)C1CCCN(c2cc(NCC(C)C)c3c4c(onc24)-c2ccccc2C3=O)C1. The van der Waals surface area contributed by atoms with Crippen molar-refractivity contribution in [3.8, 4) is 11.3 Å². The maximum absolute atomic E-state index is 13.6. The lowest BCUT2D eigenvalue weighted by atomic mass is 9.86. The summed E-state index contributed by atoms with van der Waals surface area (Å²) in [4.78, 5) is 28.2. The number of esters is 1. The van der Waals surface area contributed by atoms with Crippen LogP contribution in [0.5, 0.6) is 0 Å². The third-order valence-corrected chi connectivity index (χ3v) is 6.46. The van der Waals surface area contributed by atoms with Crippen molar-refractivity contribution in [1.82, 2.24) is 5.16 Å². The number of piperidine rings is 1. The summed E-state index contributed by atoms with van der Waals surface area (Å²) in [6.07, 6.45) is 1.69. The van der Waals surface area contributed by atoms with Crippen LogP contribution in [0.1, 0.15) is 49.5 Å². The van der Waals surface area contributed by atoms with E-state index in [2.05, 4.69) is 29.2 Å². The van der Waals surface area contributed by atoms with Crippen LogP contribution in [-0.2, 0) is 9.53 Å². The van der Waals surface area contributed by atoms with E-state index >= 15 is 0 Å². The predicted molar refractivity (Wildman–Crippen MR) is 128 cm³/mol. The molecular weight excluding hydrogens is 418 g/mol. The van der Waals surface area contributed by atoms with Gasteiger partial charge in [0.25, 0.3) is 0 Å². The van der Waals surface area contributed by atoms with Gasteiger partial charge in [0.15, 0.2) is 11.5 Å². The van der Waals surface area contributed by atoms with E-state index in [9.17, 15) is 9.59 Å². The number of ketones is 1. The molecule has 1 saturated heterocycles. The van der Waals surface area contributed by atoms with Gasteiger partial charge in [-0.1, -0.05) is 43.3 Å². The van der Waals surface area contributed by atoms with Gasteiger partial charge in [0.05, 0.1) is 29.2 Å². The van der Waals surface area contributed by atoms with Gasteiger partial charge in [-0.15, -0.1) is 0 Å². The number of nitrogens with zero attached hydrogens (tertiary/aromatic N) is 2. The molecular formula is C26H29N3O4. The first-order valence-corrected chi connectivity index (χ1v) is 11.8. The summed E-state index contributed by atoms with van der Waals surface area (Å²) in [5.41, 5.74) is 4.35. The molecule has 33 heavy (non-hydrogen) atoms. The topological polar surface area (TPSA) is 84.7 Å². The molecule has 0 amide bonds. The number of nitrogens with one attached hydrogen (secondary N) is 1. The summed E-state index contributed by atoms with van der Waals surface area (Å²) in [5, 5.41) is 8.67. The molecule has 1 N–H and O–H groups in total. The van der Waals surface area contributed by atoms with Gasteiger partial charge in [0, 0.05) is 36.4 Å². The maximum atomic E-state index is 13.6. The van der Waals surface area contributed by atoms with E-state index in [1.807, 2.05) is 37.3 Å². The smallest absolute Gasteiger partial charge is 0.310 e. The summed E-state index contributed by atoms with van der Waals surface area (Å²) >= 11 is 0. The number of anilines is 2. The molecule has 0 saturated carbocycles. The molecule has 1 fully saturated rings. The first-order chi connectivity index (χ1) is 16.0. The minimum absolute atomic E-state index is 0.0212. The van der Waals surface area contributed by atoms with Gasteiger partial charge in [-0.2, -0.15) is 0 Å². The highest BCUT2D eigenvalue weighted by atomic mass is 16.5. The molecule has 1 aliphatic heterocycles. The quantitative estimate of drug-likeness (QED) is 0.421. The summed E-state index contributed by atoms with van der Waals surface area (Å²) in [5.74, 6) is 0.685. The number of hydrogen-bond donors (Lipinski definition) is 1. The minimum Gasteiger partial charge on any atom is -0.466 e. The summed E-state index contributed by atoms with van der Waals surface area (Å²) in [7, 11) is 0. The van der Waals surface area contributed by atoms with E-state index in [4.69, 9.17) is 9.26 Å². The van der Waals surface area contributed by atoms with E-state index in [-0.39, 0.29) is 17.7 Å². The lowest BCUT2D eigenvalue weighted by Gasteiger charge is -2.34. The van der Waals surface area contributed by atoms with Crippen molar-refractivity contribution in [2.24, 2.45) is 11.8 Å². The monoisotopic (exact) mass is 447 g/mol. The fourth-order valence-corrected chi connectivity index (χ4v) is 4.89. The Bertz CT molecular complexity index is 1230. The van der Waals surface area contributed by atoms with Crippen molar-refractivity contribution >= 4 is 34.0 Å². The van der Waals surface area contributed by atoms with Crippen molar-refractivity contribution in [3.63, 3.8) is 0 Å². The number of hydrogen-bond acceptors (Lipinski definition) is 7. The molecule has 5 rings (SSSR count). The summed E-state index contributed by atoms with van der Waals surface area (Å²) < 4.78 is 11.1. The Labute approximate surface area is 193 Å². The van der Waals surface area contributed by atoms with Crippen molar-refractivity contribution in [2.45, 2.75) is 33.6 Å². The molecule has 2 aliphatic rings. The van der Waals surface area contributed by atoms with E-state index in [0.717, 1.165) is 48.3 Å². The third-order valence-electron chi connectivity index (χ3n) is 6.46. The predicted octanol–water partition coefficient (Wildman–Crippen LogP) is 4.89. The lowest BCUT2D eigenvalue weighted by Crippen LogP contribution is -2.39. The van der Waals surface area contributed by atoms with Gasteiger partial charge >= 0.3 is 5.97 Å². The van der Waals surface area contributed by atoms with Crippen LogP contribution in [0.25, 0.3) is 22.2 Å². The number of fused-ring (bicyclic) bond motifs is 2. The second-order valence-corrected chi connectivity index (χ2v) is 9.24. The molecule has 1 unspecified atom stereocenters. The molecule has 2 aromatic carbocycles. The molecule has 1 aromatic heterocycles. The second kappa shape index (κ2) is 8.54. The third kappa shape index (κ3) is 3.65. The Kier molecular flexibility index (Phi) is 5.56. The van der Waals surface area contributed by atoms with E-state index < -0.39 is 0 Å². The first-order valence-electron chi connectivity index (χ1n) is 11.8. The minimum atomic E-state index is -0.179. The average Bonchev–Trinajstić information content (AvgIpc) is 3.26. The molecule has 2 heterocycles.